The Labute approximate surface area is 207 Å². The van der Waals surface area contributed by atoms with Gasteiger partial charge in [-0.1, -0.05) is 35.4 Å². The van der Waals surface area contributed by atoms with E-state index in [-0.39, 0.29) is 12.5 Å². The first kappa shape index (κ1) is 24.5. The van der Waals surface area contributed by atoms with E-state index in [1.807, 2.05) is 18.2 Å². The lowest BCUT2D eigenvalue weighted by molar-refractivity contribution is -0.142. The van der Waals surface area contributed by atoms with Crippen LogP contribution in [-0.4, -0.2) is 25.2 Å². The van der Waals surface area contributed by atoms with Gasteiger partial charge in [-0.3, -0.25) is 9.36 Å². The fourth-order valence-electron chi connectivity index (χ4n) is 4.23. The molecule has 0 bridgehead atoms. The van der Waals surface area contributed by atoms with Crippen molar-refractivity contribution in [3.8, 4) is 0 Å². The van der Waals surface area contributed by atoms with Crippen LogP contribution in [0, 0.1) is 5.92 Å². The maximum Gasteiger partial charge on any atom is 0.355 e. The van der Waals surface area contributed by atoms with Gasteiger partial charge in [0.2, 0.25) is 5.95 Å². The molecule has 182 valence electrons. The highest BCUT2D eigenvalue weighted by Gasteiger charge is 2.26. The summed E-state index contributed by atoms with van der Waals surface area (Å²) in [6, 6.07) is 12.0. The van der Waals surface area contributed by atoms with Gasteiger partial charge in [-0.2, -0.15) is 4.98 Å². The molecule has 1 aromatic heterocycles. The second-order valence-electron chi connectivity index (χ2n) is 9.03. The van der Waals surface area contributed by atoms with Crippen LogP contribution in [0.1, 0.15) is 50.4 Å². The van der Waals surface area contributed by atoms with Crippen LogP contribution in [0.4, 0.5) is 11.6 Å². The Balaban J connectivity index is 1.82. The summed E-state index contributed by atoms with van der Waals surface area (Å²) in [5, 5.41) is 13.1. The number of allylic oxidation sites excluding steroid dienone is 2. The highest BCUT2D eigenvalue weighted by atomic mass is 35.5. The molecule has 0 fully saturated rings. The Morgan fingerprint density at radius 2 is 1.83 bits per heavy atom. The molecular weight excluding hydrogens is 468 g/mol. The van der Waals surface area contributed by atoms with Gasteiger partial charge >= 0.3 is 17.3 Å². The number of fused-ring (bicyclic) bond motifs is 1. The molecule has 3 aromatic rings. The van der Waals surface area contributed by atoms with E-state index < -0.39 is 29.3 Å². The molecule has 2 aromatic carbocycles. The summed E-state index contributed by atoms with van der Waals surface area (Å²) in [5.41, 5.74) is 4.88. The fourth-order valence-corrected chi connectivity index (χ4v) is 4.36. The quantitative estimate of drug-likeness (QED) is 0.501. The zero-order valence-electron chi connectivity index (χ0n) is 20.0. The average molecular weight is 495 g/mol. The summed E-state index contributed by atoms with van der Waals surface area (Å²) in [5.74, 6) is -1.98. The SMILES string of the molecule is CC1=C(C)c2cc(Nc3nc(=O)n([C@@H](C)[C@@H](C)C(=O)O)c(=O)n3Cc3ccc(Cl)cc3)ccc2C1. The Kier molecular flexibility index (Phi) is 6.67. The van der Waals surface area contributed by atoms with Crippen molar-refractivity contribution >= 4 is 34.8 Å². The number of aromatic nitrogens is 3. The maximum absolute atomic E-state index is 13.5. The maximum atomic E-state index is 13.5. The van der Waals surface area contributed by atoms with E-state index in [2.05, 4.69) is 24.1 Å². The number of aliphatic carboxylic acids is 1. The first-order valence-electron chi connectivity index (χ1n) is 11.3. The molecule has 0 saturated heterocycles. The number of nitrogens with one attached hydrogen (secondary N) is 1. The molecule has 1 aliphatic carbocycles. The third-order valence-corrected chi connectivity index (χ3v) is 6.99. The molecule has 8 nitrogen and oxygen atoms in total. The summed E-state index contributed by atoms with van der Waals surface area (Å²) in [4.78, 5) is 42.2. The molecule has 1 heterocycles. The Hall–Kier alpha value is -3.65. The monoisotopic (exact) mass is 494 g/mol. The van der Waals surface area contributed by atoms with Gasteiger partial charge in [-0.15, -0.1) is 0 Å². The van der Waals surface area contributed by atoms with Crippen molar-refractivity contribution in [2.45, 2.75) is 46.7 Å². The third-order valence-electron chi connectivity index (χ3n) is 6.74. The molecule has 0 amide bonds. The van der Waals surface area contributed by atoms with Crippen molar-refractivity contribution in [2.75, 3.05) is 5.32 Å². The molecule has 0 spiro atoms. The normalized spacial score (nSPS) is 14.5. The van der Waals surface area contributed by atoms with Crippen LogP contribution in [0.25, 0.3) is 5.57 Å². The lowest BCUT2D eigenvalue weighted by Gasteiger charge is -2.21. The van der Waals surface area contributed by atoms with E-state index >= 15 is 0 Å². The lowest BCUT2D eigenvalue weighted by Crippen LogP contribution is -2.46. The van der Waals surface area contributed by atoms with Crippen LogP contribution < -0.4 is 16.7 Å². The van der Waals surface area contributed by atoms with E-state index in [0.29, 0.717) is 10.7 Å². The molecule has 1 aliphatic rings. The standard InChI is InChI=1S/C26H27ClN4O4/c1-14-11-19-7-10-21(12-22(19)15(14)2)28-24-29-25(34)31(17(4)16(3)23(32)33)26(35)30(24)13-18-5-8-20(27)9-6-18/h5-10,12,16-17H,11,13H2,1-4H3,(H,32,33)(H,28,29,34)/t16-,17+/m1/s1. The molecular formula is C26H27ClN4O4. The summed E-state index contributed by atoms with van der Waals surface area (Å²) >= 11 is 6.01. The minimum Gasteiger partial charge on any atom is -0.481 e. The number of halogens is 1. The van der Waals surface area contributed by atoms with Crippen LogP contribution >= 0.6 is 11.6 Å². The first-order valence-corrected chi connectivity index (χ1v) is 11.7. The van der Waals surface area contributed by atoms with Gasteiger partial charge < -0.3 is 10.4 Å². The van der Waals surface area contributed by atoms with Crippen molar-refractivity contribution in [2.24, 2.45) is 5.92 Å². The Morgan fingerprint density at radius 3 is 2.49 bits per heavy atom. The summed E-state index contributed by atoms with van der Waals surface area (Å²) in [6.07, 6.45) is 0.899. The van der Waals surface area contributed by atoms with Crippen LogP contribution in [0.15, 0.2) is 57.6 Å². The van der Waals surface area contributed by atoms with E-state index in [1.165, 1.54) is 35.1 Å². The van der Waals surface area contributed by atoms with Crippen molar-refractivity contribution in [1.29, 1.82) is 0 Å². The van der Waals surface area contributed by atoms with E-state index in [9.17, 15) is 19.5 Å². The minimum atomic E-state index is -1.10. The second-order valence-corrected chi connectivity index (χ2v) is 9.47. The van der Waals surface area contributed by atoms with Crippen molar-refractivity contribution < 1.29 is 9.90 Å². The molecule has 0 radical (unpaired) electrons. The van der Waals surface area contributed by atoms with Gasteiger partial charge in [-0.25, -0.2) is 14.2 Å². The molecule has 0 saturated carbocycles. The number of carboxylic acid groups (broad SMARTS) is 1. The number of hydrogen-bond donors (Lipinski definition) is 2. The van der Waals surface area contributed by atoms with Gasteiger partial charge in [0, 0.05) is 10.7 Å². The van der Waals surface area contributed by atoms with Gasteiger partial charge in [0.1, 0.15) is 0 Å². The van der Waals surface area contributed by atoms with Crippen LogP contribution in [-0.2, 0) is 17.8 Å². The van der Waals surface area contributed by atoms with Crippen molar-refractivity contribution in [3.05, 3.63) is 90.7 Å². The zero-order chi connectivity index (χ0) is 25.4. The largest absolute Gasteiger partial charge is 0.481 e. The molecule has 35 heavy (non-hydrogen) atoms. The summed E-state index contributed by atoms with van der Waals surface area (Å²) in [6.45, 7) is 7.28. The highest BCUT2D eigenvalue weighted by Crippen LogP contribution is 2.34. The molecule has 9 heteroatoms. The van der Waals surface area contributed by atoms with Gasteiger partial charge in [0.15, 0.2) is 0 Å². The molecule has 0 unspecified atom stereocenters. The van der Waals surface area contributed by atoms with Gasteiger partial charge in [0.05, 0.1) is 18.5 Å². The predicted octanol–water partition coefficient (Wildman–Crippen LogP) is 4.48. The summed E-state index contributed by atoms with van der Waals surface area (Å²) in [7, 11) is 0. The van der Waals surface area contributed by atoms with Crippen LogP contribution in [0.3, 0.4) is 0 Å². The smallest absolute Gasteiger partial charge is 0.355 e. The number of benzene rings is 2. The number of rotatable bonds is 7. The molecule has 2 N–H and O–H groups in total. The fraction of sp³-hybridized carbons (Fsp3) is 0.308. The average Bonchev–Trinajstić information content (AvgIpc) is 3.10. The lowest BCUT2D eigenvalue weighted by atomic mass is 10.0. The molecule has 0 aliphatic heterocycles. The number of nitrogens with zero attached hydrogens (tertiary/aromatic N) is 3. The number of carbonyl (C=O) groups is 1. The summed E-state index contributed by atoms with van der Waals surface area (Å²) < 4.78 is 2.25. The molecule has 4 rings (SSSR count). The number of hydrogen-bond acceptors (Lipinski definition) is 5. The topological polar surface area (TPSA) is 106 Å². The first-order chi connectivity index (χ1) is 16.6. The Morgan fingerprint density at radius 1 is 1.14 bits per heavy atom. The third kappa shape index (κ3) is 4.79. The van der Waals surface area contributed by atoms with E-state index in [1.54, 1.807) is 24.3 Å². The van der Waals surface area contributed by atoms with E-state index in [0.717, 1.165) is 22.1 Å². The minimum absolute atomic E-state index is 0.0812. The van der Waals surface area contributed by atoms with Gasteiger partial charge in [0.25, 0.3) is 0 Å². The van der Waals surface area contributed by atoms with Gasteiger partial charge in [-0.05, 0) is 80.6 Å². The second kappa shape index (κ2) is 9.54. The number of carboxylic acids is 1. The highest BCUT2D eigenvalue weighted by molar-refractivity contribution is 6.30. The van der Waals surface area contributed by atoms with Crippen LogP contribution in [0.5, 0.6) is 0 Å². The Bertz CT molecular complexity index is 1450. The number of anilines is 2. The predicted molar refractivity (Wildman–Crippen MR) is 137 cm³/mol. The van der Waals surface area contributed by atoms with Crippen LogP contribution in [0.2, 0.25) is 5.02 Å². The molecule has 2 atom stereocenters. The van der Waals surface area contributed by atoms with Crippen molar-refractivity contribution in [1.82, 2.24) is 14.1 Å². The zero-order valence-corrected chi connectivity index (χ0v) is 20.8. The van der Waals surface area contributed by atoms with E-state index in [4.69, 9.17) is 11.6 Å². The van der Waals surface area contributed by atoms with Crippen molar-refractivity contribution in [3.63, 3.8) is 0 Å².